The minimum absolute atomic E-state index is 0.0267. The van der Waals surface area contributed by atoms with Crippen LogP contribution in [0.2, 0.25) is 0 Å². The van der Waals surface area contributed by atoms with Gasteiger partial charge in [0.05, 0.1) is 0 Å². The fourth-order valence-electron chi connectivity index (χ4n) is 3.44. The first-order chi connectivity index (χ1) is 12.0. The third-order valence-corrected chi connectivity index (χ3v) is 4.51. The van der Waals surface area contributed by atoms with Crippen molar-refractivity contribution in [3.63, 3.8) is 0 Å². The molecule has 3 aromatic carbocycles. The molecule has 124 valence electrons. The molecule has 1 heteroatoms. The Balaban J connectivity index is 2.12. The topological polar surface area (TPSA) is 17.1 Å². The van der Waals surface area contributed by atoms with Gasteiger partial charge in [-0.1, -0.05) is 78.9 Å². The molecule has 0 bridgehead atoms. The van der Waals surface area contributed by atoms with Crippen LogP contribution in [0.1, 0.15) is 32.6 Å². The normalized spacial score (nSPS) is 10.5. The molecule has 0 amide bonds. The highest BCUT2D eigenvalue weighted by Gasteiger charge is 2.18. The van der Waals surface area contributed by atoms with Gasteiger partial charge in [0, 0.05) is 11.1 Å². The van der Waals surface area contributed by atoms with Crippen molar-refractivity contribution in [2.24, 2.45) is 0 Å². The molecule has 0 unspecified atom stereocenters. The van der Waals surface area contributed by atoms with Crippen LogP contribution in [-0.4, -0.2) is 5.78 Å². The van der Waals surface area contributed by atoms with Crippen LogP contribution in [0.5, 0.6) is 0 Å². The van der Waals surface area contributed by atoms with Crippen LogP contribution < -0.4 is 0 Å². The highest BCUT2D eigenvalue weighted by atomic mass is 16.1. The van der Waals surface area contributed by atoms with Crippen molar-refractivity contribution in [1.29, 1.82) is 0 Å². The molecule has 0 fully saturated rings. The Morgan fingerprint density at radius 1 is 0.800 bits per heavy atom. The first-order valence-electron chi connectivity index (χ1n) is 8.45. The summed E-state index contributed by atoms with van der Waals surface area (Å²) in [4.78, 5) is 13.1. The van der Waals surface area contributed by atoms with Gasteiger partial charge in [0.1, 0.15) is 0 Å². The number of carbonyl (C=O) groups excluding carboxylic acids is 1. The Morgan fingerprint density at radius 3 is 2.00 bits per heavy atom. The number of rotatable bonds is 4. The molecule has 0 aromatic heterocycles. The molecule has 3 aromatic rings. The molecule has 3 rings (SSSR count). The third-order valence-electron chi connectivity index (χ3n) is 4.51. The summed E-state index contributed by atoms with van der Waals surface area (Å²) in [5.41, 5.74) is 7.79. The van der Waals surface area contributed by atoms with Gasteiger partial charge in [-0.15, -0.1) is 0 Å². The number of carbonyl (C=O) groups is 1. The van der Waals surface area contributed by atoms with Crippen LogP contribution in [0.4, 0.5) is 0 Å². The number of benzene rings is 3. The molecule has 0 aliphatic carbocycles. The summed E-state index contributed by atoms with van der Waals surface area (Å²) < 4.78 is 0. The predicted octanol–water partition coefficient (Wildman–Crippen LogP) is 6.17. The van der Waals surface area contributed by atoms with Gasteiger partial charge in [-0.05, 0) is 48.6 Å². The Kier molecular flexibility index (Phi) is 4.67. The van der Waals surface area contributed by atoms with Gasteiger partial charge in [0.15, 0.2) is 5.78 Å². The average Bonchev–Trinajstić information content (AvgIpc) is 2.61. The second-order valence-electron chi connectivity index (χ2n) is 6.49. The smallest absolute Gasteiger partial charge is 0.193 e. The maximum Gasteiger partial charge on any atom is 0.193 e. The van der Waals surface area contributed by atoms with Crippen LogP contribution in [0, 0.1) is 20.8 Å². The van der Waals surface area contributed by atoms with E-state index in [0.29, 0.717) is 11.1 Å². The molecular formula is C24H22O. The van der Waals surface area contributed by atoms with Crippen molar-refractivity contribution >= 4 is 11.4 Å². The summed E-state index contributed by atoms with van der Waals surface area (Å²) in [5.74, 6) is -0.0267. The number of ketones is 1. The molecule has 0 atom stereocenters. The highest BCUT2D eigenvalue weighted by molar-refractivity contribution is 6.30. The van der Waals surface area contributed by atoms with Gasteiger partial charge in [0.25, 0.3) is 0 Å². The zero-order chi connectivity index (χ0) is 18.0. The molecule has 0 spiro atoms. The molecular weight excluding hydrogens is 304 g/mol. The minimum atomic E-state index is -0.0267. The molecule has 0 heterocycles. The molecule has 0 aliphatic heterocycles. The lowest BCUT2D eigenvalue weighted by atomic mass is 9.87. The molecule has 0 radical (unpaired) electrons. The lowest BCUT2D eigenvalue weighted by Crippen LogP contribution is -2.05. The van der Waals surface area contributed by atoms with E-state index >= 15 is 0 Å². The molecule has 0 saturated heterocycles. The Hall–Kier alpha value is -2.93. The van der Waals surface area contributed by atoms with E-state index in [1.807, 2.05) is 54.6 Å². The maximum absolute atomic E-state index is 13.1. The quantitative estimate of drug-likeness (QED) is 0.413. The fraction of sp³-hybridized carbons (Fsp3) is 0.125. The van der Waals surface area contributed by atoms with Crippen molar-refractivity contribution in [3.05, 3.63) is 101 Å². The van der Waals surface area contributed by atoms with E-state index in [-0.39, 0.29) is 5.78 Å². The second-order valence-corrected chi connectivity index (χ2v) is 6.49. The van der Waals surface area contributed by atoms with Crippen LogP contribution in [-0.2, 0) is 0 Å². The first kappa shape index (κ1) is 16.9. The number of Topliss-reactive ketones (excluding diaryl/α,β-unsaturated/α-hetero) is 1. The molecule has 25 heavy (non-hydrogen) atoms. The summed E-state index contributed by atoms with van der Waals surface area (Å²) in [6.45, 7) is 10.3. The highest BCUT2D eigenvalue weighted by Crippen LogP contribution is 2.33. The SMILES string of the molecule is C=C(C(=O)c1ccccc1-c1c(C)cc(C)cc1C)c1ccccc1. The first-order valence-corrected chi connectivity index (χ1v) is 8.45. The van der Waals surface area contributed by atoms with E-state index in [9.17, 15) is 4.79 Å². The maximum atomic E-state index is 13.1. The van der Waals surface area contributed by atoms with Crippen LogP contribution in [0.3, 0.4) is 0 Å². The molecule has 0 aliphatic rings. The van der Waals surface area contributed by atoms with Gasteiger partial charge < -0.3 is 0 Å². The van der Waals surface area contributed by atoms with Gasteiger partial charge in [-0.3, -0.25) is 4.79 Å². The van der Waals surface area contributed by atoms with Gasteiger partial charge >= 0.3 is 0 Å². The van der Waals surface area contributed by atoms with E-state index in [2.05, 4.69) is 39.5 Å². The van der Waals surface area contributed by atoms with Crippen LogP contribution in [0.25, 0.3) is 16.7 Å². The third kappa shape index (κ3) is 3.32. The van der Waals surface area contributed by atoms with Gasteiger partial charge in [-0.2, -0.15) is 0 Å². The van der Waals surface area contributed by atoms with E-state index in [1.165, 1.54) is 16.7 Å². The Bertz CT molecular complexity index is 926. The Labute approximate surface area is 149 Å². The standard InChI is InChI=1S/C24H22O/c1-16-14-17(2)23(18(3)15-16)21-12-8-9-13-22(21)24(25)19(4)20-10-6-5-7-11-20/h5-15H,4H2,1-3H3. The molecule has 0 saturated carbocycles. The molecule has 0 N–H and O–H groups in total. The molecule has 1 nitrogen and oxygen atoms in total. The summed E-state index contributed by atoms with van der Waals surface area (Å²) in [5, 5.41) is 0. The lowest BCUT2D eigenvalue weighted by molar-refractivity contribution is 0.105. The van der Waals surface area contributed by atoms with E-state index in [0.717, 1.165) is 16.7 Å². The van der Waals surface area contributed by atoms with Crippen molar-refractivity contribution in [3.8, 4) is 11.1 Å². The van der Waals surface area contributed by atoms with E-state index in [4.69, 9.17) is 0 Å². The summed E-state index contributed by atoms with van der Waals surface area (Å²) in [6.07, 6.45) is 0. The van der Waals surface area contributed by atoms with E-state index in [1.54, 1.807) is 0 Å². The number of allylic oxidation sites excluding steroid dienone is 1. The van der Waals surface area contributed by atoms with Crippen LogP contribution in [0.15, 0.2) is 73.3 Å². The summed E-state index contributed by atoms with van der Waals surface area (Å²) >= 11 is 0. The average molecular weight is 326 g/mol. The monoisotopic (exact) mass is 326 g/mol. The number of aryl methyl sites for hydroxylation is 3. The summed E-state index contributed by atoms with van der Waals surface area (Å²) in [6, 6.07) is 21.8. The van der Waals surface area contributed by atoms with Gasteiger partial charge in [-0.25, -0.2) is 0 Å². The summed E-state index contributed by atoms with van der Waals surface area (Å²) in [7, 11) is 0. The van der Waals surface area contributed by atoms with E-state index < -0.39 is 0 Å². The zero-order valence-corrected chi connectivity index (χ0v) is 15.0. The number of hydrogen-bond donors (Lipinski definition) is 0. The van der Waals surface area contributed by atoms with Crippen molar-refractivity contribution in [2.45, 2.75) is 20.8 Å². The van der Waals surface area contributed by atoms with Crippen molar-refractivity contribution in [1.82, 2.24) is 0 Å². The Morgan fingerprint density at radius 2 is 1.36 bits per heavy atom. The minimum Gasteiger partial charge on any atom is -0.289 e. The van der Waals surface area contributed by atoms with Gasteiger partial charge in [0.2, 0.25) is 0 Å². The fourth-order valence-corrected chi connectivity index (χ4v) is 3.44. The lowest BCUT2D eigenvalue weighted by Gasteiger charge is -2.16. The second kappa shape index (κ2) is 6.90. The van der Waals surface area contributed by atoms with Crippen molar-refractivity contribution in [2.75, 3.05) is 0 Å². The number of hydrogen-bond acceptors (Lipinski definition) is 1. The van der Waals surface area contributed by atoms with Crippen molar-refractivity contribution < 1.29 is 4.79 Å². The zero-order valence-electron chi connectivity index (χ0n) is 15.0. The largest absolute Gasteiger partial charge is 0.289 e. The van der Waals surface area contributed by atoms with Crippen LogP contribution >= 0.6 is 0 Å². The predicted molar refractivity (Wildman–Crippen MR) is 106 cm³/mol.